The van der Waals surface area contributed by atoms with Crippen molar-refractivity contribution >= 4 is 23.0 Å². The summed E-state index contributed by atoms with van der Waals surface area (Å²) in [5.74, 6) is 1.06. The van der Waals surface area contributed by atoms with E-state index in [9.17, 15) is 4.79 Å². The summed E-state index contributed by atoms with van der Waals surface area (Å²) in [6.07, 6.45) is 8.59. The van der Waals surface area contributed by atoms with Gasteiger partial charge in [-0.05, 0) is 19.4 Å². The lowest BCUT2D eigenvalue weighted by Crippen LogP contribution is -2.44. The van der Waals surface area contributed by atoms with Crippen LogP contribution in [-0.2, 0) is 6.54 Å². The van der Waals surface area contributed by atoms with Crippen molar-refractivity contribution in [2.75, 3.05) is 31.1 Å². The van der Waals surface area contributed by atoms with Crippen LogP contribution in [0, 0.1) is 0 Å². The molecule has 2 heterocycles. The quantitative estimate of drug-likeness (QED) is 0.644. The normalized spacial score (nSPS) is 16.1. The molecule has 132 valence electrons. The van der Waals surface area contributed by atoms with Gasteiger partial charge in [0.15, 0.2) is 6.29 Å². The molecule has 1 saturated heterocycles. The van der Waals surface area contributed by atoms with Crippen molar-refractivity contribution in [3.05, 3.63) is 53.6 Å². The van der Waals surface area contributed by atoms with Crippen LogP contribution < -0.4 is 10.2 Å². The number of piperazine rings is 1. The molecule has 1 N–H and O–H groups in total. The van der Waals surface area contributed by atoms with E-state index in [4.69, 9.17) is 0 Å². The number of nitrogens with one attached hydrogen (secondary N) is 1. The Balaban J connectivity index is 2.06. The Hall–Kier alpha value is -2.33. The van der Waals surface area contributed by atoms with Crippen molar-refractivity contribution in [1.82, 2.24) is 9.88 Å². The first kappa shape index (κ1) is 17.5. The van der Waals surface area contributed by atoms with Crippen molar-refractivity contribution in [2.45, 2.75) is 26.8 Å². The molecule has 0 aliphatic carbocycles. The predicted octanol–water partition coefficient (Wildman–Crippen LogP) is 3.78. The van der Waals surface area contributed by atoms with Crippen LogP contribution in [0.4, 0.5) is 5.82 Å². The molecule has 25 heavy (non-hydrogen) atoms. The van der Waals surface area contributed by atoms with Crippen molar-refractivity contribution in [2.24, 2.45) is 0 Å². The molecular formula is C21H27N3O. The van der Waals surface area contributed by atoms with E-state index in [1.165, 1.54) is 5.57 Å². The molecule has 1 aromatic heterocycles. The zero-order chi connectivity index (χ0) is 17.6. The smallest absolute Gasteiger partial charge is 0.154 e. The molecule has 4 heteroatoms. The number of rotatable bonds is 6. The summed E-state index contributed by atoms with van der Waals surface area (Å²) in [4.78, 5) is 14.2. The molecular weight excluding hydrogens is 310 g/mol. The second-order valence-electron chi connectivity index (χ2n) is 6.34. The minimum atomic E-state index is 0.769. The third-order valence-corrected chi connectivity index (χ3v) is 4.91. The van der Waals surface area contributed by atoms with Crippen LogP contribution in [0.2, 0.25) is 0 Å². The Morgan fingerprint density at radius 2 is 2.00 bits per heavy atom. The summed E-state index contributed by atoms with van der Waals surface area (Å²) < 4.78 is 2.28. The van der Waals surface area contributed by atoms with Crippen molar-refractivity contribution in [1.29, 1.82) is 0 Å². The average molecular weight is 337 g/mol. The lowest BCUT2D eigenvalue weighted by atomic mass is 10.2. The second-order valence-corrected chi connectivity index (χ2v) is 6.34. The molecule has 0 saturated carbocycles. The topological polar surface area (TPSA) is 37.3 Å². The van der Waals surface area contributed by atoms with Crippen LogP contribution in [0.5, 0.6) is 0 Å². The molecule has 1 aliphatic heterocycles. The second kappa shape index (κ2) is 8.17. The van der Waals surface area contributed by atoms with Gasteiger partial charge in [-0.2, -0.15) is 0 Å². The van der Waals surface area contributed by atoms with Gasteiger partial charge < -0.3 is 14.8 Å². The minimum Gasteiger partial charge on any atom is -0.355 e. The zero-order valence-electron chi connectivity index (χ0n) is 15.2. The summed E-state index contributed by atoms with van der Waals surface area (Å²) in [6.45, 7) is 8.77. The van der Waals surface area contributed by atoms with Gasteiger partial charge in [0.25, 0.3) is 0 Å². The molecule has 0 radical (unpaired) electrons. The number of para-hydroxylation sites is 1. The van der Waals surface area contributed by atoms with Gasteiger partial charge in [0.2, 0.25) is 0 Å². The lowest BCUT2D eigenvalue weighted by Gasteiger charge is -2.30. The third-order valence-electron chi connectivity index (χ3n) is 4.91. The highest BCUT2D eigenvalue weighted by Crippen LogP contribution is 2.32. The van der Waals surface area contributed by atoms with E-state index in [-0.39, 0.29) is 0 Å². The number of carbonyl (C=O) groups excluding carboxylic acids is 1. The van der Waals surface area contributed by atoms with Crippen LogP contribution >= 0.6 is 0 Å². The molecule has 0 atom stereocenters. The number of benzene rings is 1. The number of hydrogen-bond donors (Lipinski definition) is 1. The maximum absolute atomic E-state index is 11.9. The third kappa shape index (κ3) is 3.54. The first-order valence-electron chi connectivity index (χ1n) is 9.14. The molecule has 1 fully saturated rings. The number of aromatic nitrogens is 1. The summed E-state index contributed by atoms with van der Waals surface area (Å²) in [5, 5.41) is 4.43. The fourth-order valence-corrected chi connectivity index (χ4v) is 3.56. The Morgan fingerprint density at radius 3 is 2.68 bits per heavy atom. The fourth-order valence-electron chi connectivity index (χ4n) is 3.56. The number of nitrogens with zero attached hydrogens (tertiary/aromatic N) is 2. The molecule has 4 nitrogen and oxygen atoms in total. The Bertz CT molecular complexity index is 795. The van der Waals surface area contributed by atoms with Crippen LogP contribution in [0.15, 0.2) is 48.1 Å². The van der Waals surface area contributed by atoms with Crippen molar-refractivity contribution in [3.8, 4) is 0 Å². The first-order valence-corrected chi connectivity index (χ1v) is 9.14. The molecule has 2 aromatic rings. The Labute approximate surface area is 149 Å². The van der Waals surface area contributed by atoms with E-state index in [0.717, 1.165) is 67.7 Å². The van der Waals surface area contributed by atoms with Crippen molar-refractivity contribution in [3.63, 3.8) is 0 Å². The highest BCUT2D eigenvalue weighted by Gasteiger charge is 2.22. The molecule has 1 aliphatic rings. The number of aldehydes is 1. The van der Waals surface area contributed by atoms with E-state index in [1.807, 2.05) is 18.2 Å². The summed E-state index contributed by atoms with van der Waals surface area (Å²) >= 11 is 0. The maximum atomic E-state index is 11.9. The monoisotopic (exact) mass is 337 g/mol. The largest absolute Gasteiger partial charge is 0.355 e. The number of allylic oxidation sites excluding steroid dienone is 4. The van der Waals surface area contributed by atoms with E-state index in [0.29, 0.717) is 0 Å². The molecule has 3 rings (SSSR count). The van der Waals surface area contributed by atoms with E-state index < -0.39 is 0 Å². The number of carbonyl (C=O) groups is 1. The minimum absolute atomic E-state index is 0.769. The lowest BCUT2D eigenvalue weighted by molar-refractivity contribution is 0.112. The molecule has 1 aromatic carbocycles. The van der Waals surface area contributed by atoms with Crippen LogP contribution in [0.25, 0.3) is 10.9 Å². The van der Waals surface area contributed by atoms with Gasteiger partial charge in [-0.15, -0.1) is 0 Å². The van der Waals surface area contributed by atoms with Crippen LogP contribution in [-0.4, -0.2) is 37.0 Å². The predicted molar refractivity (Wildman–Crippen MR) is 106 cm³/mol. The van der Waals surface area contributed by atoms with Gasteiger partial charge in [0, 0.05) is 38.1 Å². The van der Waals surface area contributed by atoms with Gasteiger partial charge in [0.1, 0.15) is 5.82 Å². The Kier molecular flexibility index (Phi) is 5.71. The van der Waals surface area contributed by atoms with Gasteiger partial charge in [-0.25, -0.2) is 0 Å². The van der Waals surface area contributed by atoms with E-state index >= 15 is 0 Å². The summed E-state index contributed by atoms with van der Waals surface area (Å²) in [6, 6.07) is 8.21. The summed E-state index contributed by atoms with van der Waals surface area (Å²) in [5.41, 5.74) is 3.27. The van der Waals surface area contributed by atoms with Gasteiger partial charge in [0.05, 0.1) is 11.1 Å². The molecule has 0 spiro atoms. The molecule has 0 bridgehead atoms. The molecule has 0 unspecified atom stereocenters. The van der Waals surface area contributed by atoms with E-state index in [2.05, 4.69) is 52.9 Å². The van der Waals surface area contributed by atoms with Gasteiger partial charge >= 0.3 is 0 Å². The standard InChI is InChI=1S/C21H27N3O/c1-3-17(4-2)8-7-13-24-20-10-6-5-9-18(20)19(16-25)21(24)23-14-11-22-12-15-23/h3,5-10,16,22H,4,11-15H2,1-2H3/b8-7-,17-3-. The zero-order valence-corrected chi connectivity index (χ0v) is 15.2. The highest BCUT2D eigenvalue weighted by atomic mass is 16.1. The number of anilines is 1. The number of fused-ring (bicyclic) bond motifs is 1. The maximum Gasteiger partial charge on any atom is 0.154 e. The number of hydrogen-bond acceptors (Lipinski definition) is 3. The fraction of sp³-hybridized carbons (Fsp3) is 0.381. The SMILES string of the molecule is C/C=C(\C=C/Cn1c(N2CCNCC2)c(C=O)c2ccccc21)CC. The first-order chi connectivity index (χ1) is 12.3. The van der Waals surface area contributed by atoms with Crippen molar-refractivity contribution < 1.29 is 4.79 Å². The van der Waals surface area contributed by atoms with Gasteiger partial charge in [-0.1, -0.05) is 48.9 Å². The average Bonchev–Trinajstić information content (AvgIpc) is 2.99. The summed E-state index contributed by atoms with van der Waals surface area (Å²) in [7, 11) is 0. The van der Waals surface area contributed by atoms with Gasteiger partial charge in [-0.3, -0.25) is 4.79 Å². The van der Waals surface area contributed by atoms with Crippen LogP contribution in [0.3, 0.4) is 0 Å². The highest BCUT2D eigenvalue weighted by molar-refractivity contribution is 6.04. The van der Waals surface area contributed by atoms with Crippen LogP contribution in [0.1, 0.15) is 30.6 Å². The Morgan fingerprint density at radius 1 is 1.24 bits per heavy atom. The molecule has 0 amide bonds. The van der Waals surface area contributed by atoms with E-state index in [1.54, 1.807) is 0 Å².